The molecule has 0 aliphatic heterocycles. The first kappa shape index (κ1) is 16.5. The van der Waals surface area contributed by atoms with Crippen molar-refractivity contribution in [2.24, 2.45) is 28.1 Å². The van der Waals surface area contributed by atoms with E-state index in [4.69, 9.17) is 0 Å². The van der Waals surface area contributed by atoms with Crippen LogP contribution in [0.3, 0.4) is 0 Å². The monoisotopic (exact) mass is 306 g/mol. The minimum Gasteiger partial charge on any atom is -0.394 e. The molecule has 0 unspecified atom stereocenters. The molecule has 0 aromatic carbocycles. The first-order valence-corrected chi connectivity index (χ1v) is 9.21. The fraction of sp³-hybridized carbons (Fsp3) is 0.900. The van der Waals surface area contributed by atoms with Crippen molar-refractivity contribution in [2.75, 3.05) is 6.61 Å². The zero-order valence-electron chi connectivity index (χ0n) is 14.9. The molecule has 2 saturated carbocycles. The highest BCUT2D eigenvalue weighted by Gasteiger charge is 2.54. The Morgan fingerprint density at radius 3 is 2.59 bits per heavy atom. The summed E-state index contributed by atoms with van der Waals surface area (Å²) in [6, 6.07) is 0. The fourth-order valence-electron chi connectivity index (χ4n) is 6.25. The Hall–Kier alpha value is -0.340. The number of fused-ring (bicyclic) bond motifs is 3. The highest BCUT2D eigenvalue weighted by molar-refractivity contribution is 5.23. The van der Waals surface area contributed by atoms with Crippen LogP contribution in [0.1, 0.15) is 72.6 Å². The number of hydrogen-bond donors (Lipinski definition) is 2. The van der Waals surface area contributed by atoms with Crippen molar-refractivity contribution >= 4 is 0 Å². The number of rotatable bonds is 2. The maximum absolute atomic E-state index is 10.2. The van der Waals surface area contributed by atoms with E-state index in [1.807, 2.05) is 0 Å². The molecule has 0 spiro atoms. The van der Waals surface area contributed by atoms with Gasteiger partial charge >= 0.3 is 0 Å². The molecule has 2 nitrogen and oxygen atoms in total. The van der Waals surface area contributed by atoms with Gasteiger partial charge < -0.3 is 10.2 Å². The van der Waals surface area contributed by atoms with E-state index in [1.54, 1.807) is 5.57 Å². The number of aliphatic hydroxyl groups excluding tert-OH is 2. The van der Waals surface area contributed by atoms with E-state index in [0.29, 0.717) is 16.7 Å². The van der Waals surface area contributed by atoms with E-state index in [2.05, 4.69) is 33.8 Å². The zero-order chi connectivity index (χ0) is 16.2. The summed E-state index contributed by atoms with van der Waals surface area (Å²) >= 11 is 0. The van der Waals surface area contributed by atoms with E-state index in [1.165, 1.54) is 32.1 Å². The molecule has 126 valence electrons. The van der Waals surface area contributed by atoms with Gasteiger partial charge in [0.1, 0.15) is 0 Å². The van der Waals surface area contributed by atoms with E-state index < -0.39 is 6.10 Å². The quantitative estimate of drug-likeness (QED) is 0.746. The summed E-state index contributed by atoms with van der Waals surface area (Å²) in [5, 5.41) is 19.6. The summed E-state index contributed by atoms with van der Waals surface area (Å²) in [5.41, 5.74) is 2.35. The molecule has 3 rings (SSSR count). The third kappa shape index (κ3) is 2.38. The van der Waals surface area contributed by atoms with E-state index in [0.717, 1.165) is 18.8 Å². The molecule has 0 saturated heterocycles. The van der Waals surface area contributed by atoms with Crippen molar-refractivity contribution in [1.29, 1.82) is 0 Å². The molecular weight excluding hydrogens is 272 g/mol. The smallest absolute Gasteiger partial charge is 0.0827 e. The second-order valence-electron chi connectivity index (χ2n) is 9.54. The molecule has 0 bridgehead atoms. The Labute approximate surface area is 136 Å². The van der Waals surface area contributed by atoms with Crippen molar-refractivity contribution < 1.29 is 10.2 Å². The van der Waals surface area contributed by atoms with Crippen LogP contribution in [-0.2, 0) is 0 Å². The molecule has 2 N–H and O–H groups in total. The van der Waals surface area contributed by atoms with Crippen LogP contribution < -0.4 is 0 Å². The molecule has 5 atom stereocenters. The van der Waals surface area contributed by atoms with Gasteiger partial charge in [0.2, 0.25) is 0 Å². The summed E-state index contributed by atoms with van der Waals surface area (Å²) in [7, 11) is 0. The van der Waals surface area contributed by atoms with Crippen molar-refractivity contribution in [2.45, 2.75) is 78.7 Å². The first-order valence-electron chi connectivity index (χ1n) is 9.21. The standard InChI is InChI=1S/C20H34O2/c1-18(2)9-5-10-20(4)15-8-11-19(3,17(22)13-21)12-14(15)6-7-16(18)20/h6,15-17,21-22H,5,7-13H2,1-4H3/t15-,16-,17+,19-,20+/m0/s1. The third-order valence-electron chi connectivity index (χ3n) is 7.72. The second-order valence-corrected chi connectivity index (χ2v) is 9.54. The lowest BCUT2D eigenvalue weighted by molar-refractivity contribution is -0.0717. The molecule has 3 aliphatic carbocycles. The highest BCUT2D eigenvalue weighted by Crippen LogP contribution is 2.63. The van der Waals surface area contributed by atoms with E-state index >= 15 is 0 Å². The SMILES string of the molecule is CC1(C)CCC[C@]2(C)[C@H]3CC[C@](C)([C@H](O)CO)CC3=CC[C@@H]12. The van der Waals surface area contributed by atoms with Gasteiger partial charge in [-0.1, -0.05) is 45.8 Å². The van der Waals surface area contributed by atoms with Crippen molar-refractivity contribution in [3.8, 4) is 0 Å². The lowest BCUT2D eigenvalue weighted by atomic mass is 9.45. The average Bonchev–Trinajstić information content (AvgIpc) is 2.45. The van der Waals surface area contributed by atoms with Crippen LogP contribution in [0.5, 0.6) is 0 Å². The Kier molecular flexibility index (Phi) is 4.01. The molecule has 2 fully saturated rings. The molecule has 0 heterocycles. The van der Waals surface area contributed by atoms with Crippen LogP contribution in [0, 0.1) is 28.1 Å². The molecular formula is C20H34O2. The normalized spacial score (nSPS) is 45.5. The maximum Gasteiger partial charge on any atom is 0.0827 e. The molecule has 0 aromatic rings. The Balaban J connectivity index is 1.89. The molecule has 0 radical (unpaired) electrons. The number of hydrogen-bond acceptors (Lipinski definition) is 2. The van der Waals surface area contributed by atoms with Crippen LogP contribution in [0.25, 0.3) is 0 Å². The number of allylic oxidation sites excluding steroid dienone is 2. The van der Waals surface area contributed by atoms with Crippen molar-refractivity contribution in [1.82, 2.24) is 0 Å². The van der Waals surface area contributed by atoms with Crippen molar-refractivity contribution in [3.05, 3.63) is 11.6 Å². The minimum absolute atomic E-state index is 0.110. The average molecular weight is 306 g/mol. The summed E-state index contributed by atoms with van der Waals surface area (Å²) in [5.74, 6) is 1.50. The van der Waals surface area contributed by atoms with Crippen molar-refractivity contribution in [3.63, 3.8) is 0 Å². The predicted molar refractivity (Wildman–Crippen MR) is 90.5 cm³/mol. The van der Waals surface area contributed by atoms with Gasteiger partial charge in [-0.05, 0) is 66.6 Å². The Bertz CT molecular complexity index is 466. The molecule has 22 heavy (non-hydrogen) atoms. The highest BCUT2D eigenvalue weighted by atomic mass is 16.3. The van der Waals surface area contributed by atoms with Crippen LogP contribution in [0.15, 0.2) is 11.6 Å². The molecule has 0 amide bonds. The van der Waals surface area contributed by atoms with E-state index in [-0.39, 0.29) is 12.0 Å². The van der Waals surface area contributed by atoms with Gasteiger partial charge in [0, 0.05) is 0 Å². The predicted octanol–water partition coefficient (Wildman–Crippen LogP) is 4.31. The van der Waals surface area contributed by atoms with E-state index in [9.17, 15) is 10.2 Å². The van der Waals surface area contributed by atoms with Gasteiger partial charge in [0.15, 0.2) is 0 Å². The van der Waals surface area contributed by atoms with Crippen LogP contribution >= 0.6 is 0 Å². The van der Waals surface area contributed by atoms with Gasteiger partial charge in [-0.2, -0.15) is 0 Å². The summed E-state index contributed by atoms with van der Waals surface area (Å²) < 4.78 is 0. The lowest BCUT2D eigenvalue weighted by Gasteiger charge is -2.59. The summed E-state index contributed by atoms with van der Waals surface area (Å²) in [6.07, 6.45) is 10.4. The molecule has 2 heteroatoms. The third-order valence-corrected chi connectivity index (χ3v) is 7.72. The maximum atomic E-state index is 10.2. The van der Waals surface area contributed by atoms with Gasteiger partial charge in [-0.15, -0.1) is 0 Å². The van der Waals surface area contributed by atoms with Crippen LogP contribution in [0.4, 0.5) is 0 Å². The van der Waals surface area contributed by atoms with Crippen LogP contribution in [0.2, 0.25) is 0 Å². The fourth-order valence-corrected chi connectivity index (χ4v) is 6.25. The Morgan fingerprint density at radius 1 is 1.18 bits per heavy atom. The molecule has 0 aromatic heterocycles. The van der Waals surface area contributed by atoms with Gasteiger partial charge in [-0.25, -0.2) is 0 Å². The summed E-state index contributed by atoms with van der Waals surface area (Å²) in [4.78, 5) is 0. The zero-order valence-corrected chi connectivity index (χ0v) is 14.9. The summed E-state index contributed by atoms with van der Waals surface area (Å²) in [6.45, 7) is 9.53. The van der Waals surface area contributed by atoms with Gasteiger partial charge in [-0.3, -0.25) is 0 Å². The lowest BCUT2D eigenvalue weighted by Crippen LogP contribution is -2.51. The Morgan fingerprint density at radius 2 is 1.91 bits per heavy atom. The topological polar surface area (TPSA) is 40.5 Å². The number of aliphatic hydroxyl groups is 2. The first-order chi connectivity index (χ1) is 10.2. The second kappa shape index (κ2) is 5.34. The largest absolute Gasteiger partial charge is 0.394 e. The van der Waals surface area contributed by atoms with Gasteiger partial charge in [0.25, 0.3) is 0 Å². The van der Waals surface area contributed by atoms with Crippen LogP contribution in [-0.4, -0.2) is 22.9 Å². The molecule has 3 aliphatic rings. The minimum atomic E-state index is -0.581. The van der Waals surface area contributed by atoms with Gasteiger partial charge in [0.05, 0.1) is 12.7 Å².